The van der Waals surface area contributed by atoms with E-state index < -0.39 is 14.6 Å². The average molecular weight is 339 g/mol. The second-order valence-corrected chi connectivity index (χ2v) is 12.6. The quantitative estimate of drug-likeness (QED) is 0.804. The molecule has 3 atom stereocenters. The third-order valence-electron chi connectivity index (χ3n) is 4.90. The summed E-state index contributed by atoms with van der Waals surface area (Å²) in [7, 11) is -1.83. The number of rotatable bonds is 6. The van der Waals surface area contributed by atoms with E-state index in [4.69, 9.17) is 13.9 Å². The Kier molecular flexibility index (Phi) is 6.03. The van der Waals surface area contributed by atoms with Gasteiger partial charge in [-0.05, 0) is 23.7 Å². The summed E-state index contributed by atoms with van der Waals surface area (Å²) in [6.45, 7) is 12.1. The molecule has 4 nitrogen and oxygen atoms in total. The minimum absolute atomic E-state index is 0.130. The standard InChI is InChI=1S/C18H30O4Si/c1-18(2,3)23(4,5)21-13-16-15(11-17(19)22-16)20-12-14-9-7-6-8-10-14/h6-10,15-17,19H,11-13H2,1-5H3/t15-,16-,17?/m1/s1. The Morgan fingerprint density at radius 1 is 1.22 bits per heavy atom. The molecule has 1 fully saturated rings. The fraction of sp³-hybridized carbons (Fsp3) is 0.667. The zero-order valence-corrected chi connectivity index (χ0v) is 15.9. The largest absolute Gasteiger partial charge is 0.414 e. The summed E-state index contributed by atoms with van der Waals surface area (Å²) >= 11 is 0. The van der Waals surface area contributed by atoms with Gasteiger partial charge >= 0.3 is 0 Å². The maximum absolute atomic E-state index is 9.81. The van der Waals surface area contributed by atoms with Crippen molar-refractivity contribution >= 4 is 8.32 Å². The molecule has 1 aromatic rings. The van der Waals surface area contributed by atoms with Gasteiger partial charge in [-0.15, -0.1) is 0 Å². The number of aliphatic hydroxyl groups is 1. The van der Waals surface area contributed by atoms with Crippen molar-refractivity contribution in [3.05, 3.63) is 35.9 Å². The molecule has 23 heavy (non-hydrogen) atoms. The van der Waals surface area contributed by atoms with E-state index in [1.54, 1.807) is 0 Å². The minimum atomic E-state index is -1.83. The highest BCUT2D eigenvalue weighted by Crippen LogP contribution is 2.37. The van der Waals surface area contributed by atoms with Crippen LogP contribution in [0.3, 0.4) is 0 Å². The summed E-state index contributed by atoms with van der Waals surface area (Å²) in [5.74, 6) is 0. The molecular weight excluding hydrogens is 308 g/mol. The lowest BCUT2D eigenvalue weighted by Gasteiger charge is -2.37. The van der Waals surface area contributed by atoms with Crippen LogP contribution in [0.15, 0.2) is 30.3 Å². The van der Waals surface area contributed by atoms with Gasteiger partial charge in [0.1, 0.15) is 6.10 Å². The second kappa shape index (κ2) is 7.45. The van der Waals surface area contributed by atoms with Gasteiger partial charge in [0.15, 0.2) is 14.6 Å². The van der Waals surface area contributed by atoms with Crippen LogP contribution in [0.4, 0.5) is 0 Å². The van der Waals surface area contributed by atoms with Crippen LogP contribution >= 0.6 is 0 Å². The first kappa shape index (κ1) is 18.6. The van der Waals surface area contributed by atoms with Crippen molar-refractivity contribution in [2.75, 3.05) is 6.61 Å². The molecule has 5 heteroatoms. The van der Waals surface area contributed by atoms with Crippen molar-refractivity contribution in [2.45, 2.75) is 70.4 Å². The van der Waals surface area contributed by atoms with Crippen LogP contribution in [-0.4, -0.2) is 38.5 Å². The van der Waals surface area contributed by atoms with E-state index in [1.165, 1.54) is 0 Å². The number of benzene rings is 1. The van der Waals surface area contributed by atoms with Gasteiger partial charge in [-0.1, -0.05) is 51.1 Å². The van der Waals surface area contributed by atoms with Crippen molar-refractivity contribution in [1.29, 1.82) is 0 Å². The Morgan fingerprint density at radius 3 is 2.48 bits per heavy atom. The highest BCUT2D eigenvalue weighted by atomic mass is 28.4. The topological polar surface area (TPSA) is 47.9 Å². The van der Waals surface area contributed by atoms with E-state index in [2.05, 4.69) is 33.9 Å². The molecule has 1 heterocycles. The molecule has 1 unspecified atom stereocenters. The Hall–Kier alpha value is -0.723. The van der Waals surface area contributed by atoms with Crippen molar-refractivity contribution < 1.29 is 19.0 Å². The van der Waals surface area contributed by atoms with Crippen LogP contribution in [0.25, 0.3) is 0 Å². The number of hydrogen-bond donors (Lipinski definition) is 1. The van der Waals surface area contributed by atoms with Gasteiger partial charge in [0.05, 0.1) is 19.3 Å². The van der Waals surface area contributed by atoms with E-state index in [1.807, 2.05) is 30.3 Å². The Bertz CT molecular complexity index is 484. The highest BCUT2D eigenvalue weighted by Gasteiger charge is 2.41. The van der Waals surface area contributed by atoms with E-state index in [-0.39, 0.29) is 17.2 Å². The molecule has 2 rings (SSSR count). The molecule has 1 aromatic carbocycles. The Morgan fingerprint density at radius 2 is 1.87 bits per heavy atom. The van der Waals surface area contributed by atoms with Crippen LogP contribution in [0.1, 0.15) is 32.8 Å². The van der Waals surface area contributed by atoms with Crippen molar-refractivity contribution in [1.82, 2.24) is 0 Å². The lowest BCUT2D eigenvalue weighted by Crippen LogP contribution is -2.44. The highest BCUT2D eigenvalue weighted by molar-refractivity contribution is 6.74. The molecule has 0 saturated carbocycles. The number of aliphatic hydroxyl groups excluding tert-OH is 1. The minimum Gasteiger partial charge on any atom is -0.414 e. The smallest absolute Gasteiger partial charge is 0.192 e. The van der Waals surface area contributed by atoms with E-state index in [0.29, 0.717) is 19.6 Å². The number of ether oxygens (including phenoxy) is 2. The predicted octanol–water partition coefficient (Wildman–Crippen LogP) is 3.70. The van der Waals surface area contributed by atoms with Crippen LogP contribution in [0, 0.1) is 0 Å². The second-order valence-electron chi connectivity index (χ2n) is 7.77. The predicted molar refractivity (Wildman–Crippen MR) is 93.7 cm³/mol. The Balaban J connectivity index is 1.89. The summed E-state index contributed by atoms with van der Waals surface area (Å²) in [6, 6.07) is 10.1. The molecule has 0 radical (unpaired) electrons. The first-order chi connectivity index (χ1) is 10.7. The fourth-order valence-electron chi connectivity index (χ4n) is 2.30. The van der Waals surface area contributed by atoms with Gasteiger partial charge in [-0.2, -0.15) is 0 Å². The van der Waals surface area contributed by atoms with Gasteiger partial charge in [0.25, 0.3) is 0 Å². The molecule has 0 aromatic heterocycles. The molecule has 0 amide bonds. The molecule has 0 bridgehead atoms. The van der Waals surface area contributed by atoms with Gasteiger partial charge in [0, 0.05) is 6.42 Å². The molecule has 1 N–H and O–H groups in total. The van der Waals surface area contributed by atoms with Crippen molar-refractivity contribution in [3.8, 4) is 0 Å². The zero-order chi connectivity index (χ0) is 17.1. The van der Waals surface area contributed by atoms with Crippen LogP contribution in [-0.2, 0) is 20.5 Å². The third-order valence-corrected chi connectivity index (χ3v) is 9.40. The SMILES string of the molecule is CC(C)(C)[Si](C)(C)OC[C@H]1OC(O)C[C@H]1OCc1ccccc1. The maximum atomic E-state index is 9.81. The lowest BCUT2D eigenvalue weighted by molar-refractivity contribution is -0.111. The normalized spacial score (nSPS) is 25.7. The van der Waals surface area contributed by atoms with Crippen LogP contribution in [0.2, 0.25) is 18.1 Å². The van der Waals surface area contributed by atoms with Gasteiger partial charge in [0.2, 0.25) is 0 Å². The summed E-state index contributed by atoms with van der Waals surface area (Å²) in [5.41, 5.74) is 1.12. The fourth-order valence-corrected chi connectivity index (χ4v) is 3.32. The molecule has 0 aliphatic carbocycles. The zero-order valence-electron chi connectivity index (χ0n) is 14.9. The summed E-state index contributed by atoms with van der Waals surface area (Å²) < 4.78 is 17.8. The van der Waals surface area contributed by atoms with E-state index in [9.17, 15) is 5.11 Å². The molecule has 1 aliphatic heterocycles. The molecule has 1 saturated heterocycles. The van der Waals surface area contributed by atoms with Crippen molar-refractivity contribution in [3.63, 3.8) is 0 Å². The van der Waals surface area contributed by atoms with Crippen LogP contribution in [0.5, 0.6) is 0 Å². The van der Waals surface area contributed by atoms with E-state index >= 15 is 0 Å². The maximum Gasteiger partial charge on any atom is 0.192 e. The molecule has 130 valence electrons. The van der Waals surface area contributed by atoms with Gasteiger partial charge in [-0.3, -0.25) is 0 Å². The lowest BCUT2D eigenvalue weighted by atomic mass is 10.2. The van der Waals surface area contributed by atoms with Gasteiger partial charge < -0.3 is 19.0 Å². The number of hydrogen-bond acceptors (Lipinski definition) is 4. The van der Waals surface area contributed by atoms with Crippen LogP contribution < -0.4 is 0 Å². The molecule has 1 aliphatic rings. The summed E-state index contributed by atoms with van der Waals surface area (Å²) in [4.78, 5) is 0. The first-order valence-corrected chi connectivity index (χ1v) is 11.2. The average Bonchev–Trinajstić information content (AvgIpc) is 2.83. The Labute approximate surface area is 140 Å². The van der Waals surface area contributed by atoms with Gasteiger partial charge in [-0.25, -0.2) is 0 Å². The third kappa shape index (κ3) is 5.13. The molecule has 0 spiro atoms. The first-order valence-electron chi connectivity index (χ1n) is 8.32. The summed E-state index contributed by atoms with van der Waals surface area (Å²) in [6.07, 6.45) is -0.597. The monoisotopic (exact) mass is 338 g/mol. The van der Waals surface area contributed by atoms with Crippen molar-refractivity contribution in [2.24, 2.45) is 0 Å². The van der Waals surface area contributed by atoms with E-state index in [0.717, 1.165) is 5.56 Å². The molecular formula is C18H30O4Si. The summed E-state index contributed by atoms with van der Waals surface area (Å²) in [5, 5.41) is 9.97.